The van der Waals surface area contributed by atoms with E-state index in [1.165, 1.54) is 6.04 Å². The molecule has 0 amide bonds. The molecular formula is C14H20BrClN2OSi. The molecule has 1 heterocycles. The molecular weight excluding hydrogens is 356 g/mol. The van der Waals surface area contributed by atoms with Crippen LogP contribution in [0.15, 0.2) is 16.7 Å². The van der Waals surface area contributed by atoms with Crippen molar-refractivity contribution < 1.29 is 4.74 Å². The van der Waals surface area contributed by atoms with E-state index in [4.69, 9.17) is 16.3 Å². The molecule has 2 rings (SSSR count). The molecule has 6 heteroatoms. The summed E-state index contributed by atoms with van der Waals surface area (Å²) in [5, 5.41) is 6.16. The van der Waals surface area contributed by atoms with Crippen molar-refractivity contribution in [1.29, 1.82) is 0 Å². The number of aromatic nitrogens is 2. The van der Waals surface area contributed by atoms with Crippen LogP contribution in [0.25, 0.3) is 10.9 Å². The highest BCUT2D eigenvalue weighted by atomic mass is 79.9. The molecule has 0 aliphatic heterocycles. The zero-order valence-corrected chi connectivity index (χ0v) is 15.7. The van der Waals surface area contributed by atoms with Crippen molar-refractivity contribution in [2.24, 2.45) is 0 Å². The van der Waals surface area contributed by atoms with Crippen LogP contribution in [0, 0.1) is 6.92 Å². The molecule has 0 atom stereocenters. The molecule has 0 aliphatic rings. The quantitative estimate of drug-likeness (QED) is 0.538. The van der Waals surface area contributed by atoms with Gasteiger partial charge in [0.2, 0.25) is 0 Å². The minimum atomic E-state index is -1.04. The van der Waals surface area contributed by atoms with Crippen LogP contribution in [0.3, 0.4) is 0 Å². The lowest BCUT2D eigenvalue weighted by atomic mass is 10.2. The molecule has 0 aliphatic carbocycles. The van der Waals surface area contributed by atoms with Crippen molar-refractivity contribution in [2.45, 2.75) is 39.3 Å². The number of nitrogens with zero attached hydrogens (tertiary/aromatic N) is 2. The number of hydrogen-bond acceptors (Lipinski definition) is 2. The minimum absolute atomic E-state index is 0.488. The fourth-order valence-corrected chi connectivity index (χ4v) is 3.44. The third-order valence-electron chi connectivity index (χ3n) is 3.22. The van der Waals surface area contributed by atoms with Crippen LogP contribution in [0.5, 0.6) is 0 Å². The average Bonchev–Trinajstić information content (AvgIpc) is 2.74. The van der Waals surface area contributed by atoms with Gasteiger partial charge in [0, 0.05) is 24.5 Å². The van der Waals surface area contributed by atoms with Crippen molar-refractivity contribution in [3.05, 3.63) is 27.3 Å². The van der Waals surface area contributed by atoms with Crippen LogP contribution in [0.1, 0.15) is 5.56 Å². The van der Waals surface area contributed by atoms with Crippen LogP contribution in [-0.2, 0) is 11.5 Å². The summed E-state index contributed by atoms with van der Waals surface area (Å²) in [6, 6.07) is 3.22. The zero-order chi connectivity index (χ0) is 14.9. The third kappa shape index (κ3) is 3.64. The van der Waals surface area contributed by atoms with Gasteiger partial charge in [-0.05, 0) is 40.5 Å². The molecule has 0 N–H and O–H groups in total. The Hall–Kier alpha value is -0.363. The highest BCUT2D eigenvalue weighted by Crippen LogP contribution is 2.33. The number of fused-ring (bicyclic) bond motifs is 1. The molecule has 0 unspecified atom stereocenters. The molecule has 0 spiro atoms. The van der Waals surface area contributed by atoms with Crippen LogP contribution < -0.4 is 0 Å². The molecule has 2 aromatic rings. The maximum absolute atomic E-state index is 6.23. The molecule has 0 bridgehead atoms. The molecule has 3 nitrogen and oxygen atoms in total. The molecule has 1 aromatic carbocycles. The Kier molecular flexibility index (Phi) is 4.95. The maximum Gasteiger partial charge on any atom is 0.139 e. The lowest BCUT2D eigenvalue weighted by Gasteiger charge is -2.15. The Morgan fingerprint density at radius 3 is 2.75 bits per heavy atom. The summed E-state index contributed by atoms with van der Waals surface area (Å²) >= 11 is 9.76. The number of rotatable bonds is 5. The fraction of sp³-hybridized carbons (Fsp3) is 0.500. The summed E-state index contributed by atoms with van der Waals surface area (Å²) in [5.41, 5.74) is 2.08. The second kappa shape index (κ2) is 6.18. The van der Waals surface area contributed by atoms with E-state index in [9.17, 15) is 0 Å². The molecule has 1 aromatic heterocycles. The number of ether oxygens (including phenoxy) is 1. The molecule has 0 radical (unpaired) electrons. The summed E-state index contributed by atoms with van der Waals surface area (Å²) in [4.78, 5) is 0. The predicted octanol–water partition coefficient (Wildman–Crippen LogP) is 5.07. The van der Waals surface area contributed by atoms with Crippen LogP contribution >= 0.6 is 27.5 Å². The van der Waals surface area contributed by atoms with Gasteiger partial charge in [-0.25, -0.2) is 4.68 Å². The van der Waals surface area contributed by atoms with Crippen molar-refractivity contribution >= 4 is 46.5 Å². The number of halogens is 2. The Bertz CT molecular complexity index is 622. The Morgan fingerprint density at radius 1 is 1.40 bits per heavy atom. The van der Waals surface area contributed by atoms with E-state index >= 15 is 0 Å². The second-order valence-electron chi connectivity index (χ2n) is 6.25. The van der Waals surface area contributed by atoms with Gasteiger partial charge in [-0.15, -0.1) is 0 Å². The summed E-state index contributed by atoms with van der Waals surface area (Å²) in [7, 11) is -1.04. The largest absolute Gasteiger partial charge is 0.360 e. The van der Waals surface area contributed by atoms with Crippen molar-refractivity contribution in [2.75, 3.05) is 6.61 Å². The lowest BCUT2D eigenvalue weighted by Crippen LogP contribution is -2.22. The monoisotopic (exact) mass is 374 g/mol. The summed E-state index contributed by atoms with van der Waals surface area (Å²) in [6.07, 6.45) is 1.83. The summed E-state index contributed by atoms with van der Waals surface area (Å²) in [6.45, 7) is 10.3. The van der Waals surface area contributed by atoms with Gasteiger partial charge in [-0.1, -0.05) is 31.2 Å². The van der Waals surface area contributed by atoms with Gasteiger partial charge in [-0.3, -0.25) is 0 Å². The summed E-state index contributed by atoms with van der Waals surface area (Å²) in [5.74, 6) is 0. The number of hydrogen-bond donors (Lipinski definition) is 0. The third-order valence-corrected chi connectivity index (χ3v) is 6.46. The normalized spacial score (nSPS) is 12.3. The summed E-state index contributed by atoms with van der Waals surface area (Å²) < 4.78 is 8.55. The fourth-order valence-electron chi connectivity index (χ4n) is 1.91. The highest BCUT2D eigenvalue weighted by molar-refractivity contribution is 9.10. The van der Waals surface area contributed by atoms with Crippen molar-refractivity contribution in [3.63, 3.8) is 0 Å². The molecule has 0 fully saturated rings. The SMILES string of the molecule is Cc1cc2c(cnn2COCC[Si](C)(C)C)c(Br)c1Cl. The molecule has 110 valence electrons. The smallest absolute Gasteiger partial charge is 0.139 e. The van der Waals surface area contributed by atoms with E-state index in [0.717, 1.165) is 32.6 Å². The van der Waals surface area contributed by atoms with Gasteiger partial charge < -0.3 is 4.74 Å². The second-order valence-corrected chi connectivity index (χ2v) is 13.0. The van der Waals surface area contributed by atoms with Crippen molar-refractivity contribution in [3.8, 4) is 0 Å². The topological polar surface area (TPSA) is 27.1 Å². The molecule has 0 saturated heterocycles. The van der Waals surface area contributed by atoms with Gasteiger partial charge in [-0.2, -0.15) is 5.10 Å². The average molecular weight is 376 g/mol. The van der Waals surface area contributed by atoms with Gasteiger partial charge in [0.1, 0.15) is 6.73 Å². The van der Waals surface area contributed by atoms with E-state index < -0.39 is 8.07 Å². The highest BCUT2D eigenvalue weighted by Gasteiger charge is 2.14. The first-order chi connectivity index (χ1) is 9.29. The molecule has 20 heavy (non-hydrogen) atoms. The zero-order valence-electron chi connectivity index (χ0n) is 12.3. The van der Waals surface area contributed by atoms with E-state index in [-0.39, 0.29) is 0 Å². The first-order valence-corrected chi connectivity index (χ1v) is 11.6. The van der Waals surface area contributed by atoms with Gasteiger partial charge in [0.25, 0.3) is 0 Å². The van der Waals surface area contributed by atoms with Gasteiger partial charge >= 0.3 is 0 Å². The van der Waals surface area contributed by atoms with Gasteiger partial charge in [0.05, 0.1) is 16.7 Å². The number of aryl methyl sites for hydroxylation is 1. The first kappa shape index (κ1) is 16.0. The van der Waals surface area contributed by atoms with Crippen LogP contribution in [0.2, 0.25) is 30.7 Å². The standard InChI is InChI=1S/C14H20BrClN2OSi/c1-10-7-12-11(13(15)14(10)16)8-17-18(12)9-19-5-6-20(2,3)4/h7-8H,5-6,9H2,1-4H3. The Labute approximate surface area is 134 Å². The minimum Gasteiger partial charge on any atom is -0.360 e. The Morgan fingerprint density at radius 2 is 2.10 bits per heavy atom. The van der Waals surface area contributed by atoms with Gasteiger partial charge in [0.15, 0.2) is 0 Å². The van der Waals surface area contributed by atoms with Crippen LogP contribution in [0.4, 0.5) is 0 Å². The van der Waals surface area contributed by atoms with E-state index in [0.29, 0.717) is 6.73 Å². The predicted molar refractivity (Wildman–Crippen MR) is 91.3 cm³/mol. The first-order valence-electron chi connectivity index (χ1n) is 6.67. The van der Waals surface area contributed by atoms with E-state index in [1.54, 1.807) is 0 Å². The van der Waals surface area contributed by atoms with Crippen molar-refractivity contribution in [1.82, 2.24) is 9.78 Å². The maximum atomic E-state index is 6.23. The Balaban J connectivity index is 2.12. The lowest BCUT2D eigenvalue weighted by molar-refractivity contribution is 0.0817. The van der Waals surface area contributed by atoms with E-state index in [2.05, 4.69) is 46.7 Å². The van der Waals surface area contributed by atoms with E-state index in [1.807, 2.05) is 17.8 Å². The van der Waals surface area contributed by atoms with Crippen LogP contribution in [-0.4, -0.2) is 24.5 Å². The molecule has 0 saturated carbocycles. The number of benzene rings is 1.